The lowest BCUT2D eigenvalue weighted by atomic mass is 10.2. The normalized spacial score (nSPS) is 17.6. The number of anilines is 1. The number of ether oxygens (including phenoxy) is 1. The van der Waals surface area contributed by atoms with Crippen molar-refractivity contribution in [3.8, 4) is 5.75 Å². The van der Waals surface area contributed by atoms with E-state index in [9.17, 15) is 8.42 Å². The van der Waals surface area contributed by atoms with Crippen LogP contribution >= 0.6 is 0 Å². The number of allylic oxidation sites excluding steroid dienone is 1. The minimum Gasteiger partial charge on any atom is -0.495 e. The van der Waals surface area contributed by atoms with Crippen molar-refractivity contribution in [1.29, 1.82) is 0 Å². The summed E-state index contributed by atoms with van der Waals surface area (Å²) in [5.41, 5.74) is 1.01. The van der Waals surface area contributed by atoms with Gasteiger partial charge in [0.1, 0.15) is 5.75 Å². The Morgan fingerprint density at radius 2 is 1.80 bits per heavy atom. The first-order chi connectivity index (χ1) is 9.58. The quantitative estimate of drug-likeness (QED) is 0.848. The molecule has 0 saturated carbocycles. The zero-order valence-corrected chi connectivity index (χ0v) is 12.6. The van der Waals surface area contributed by atoms with Gasteiger partial charge in [-0.1, -0.05) is 18.2 Å². The van der Waals surface area contributed by atoms with Gasteiger partial charge in [0.15, 0.2) is 0 Å². The number of nitrogens with zero attached hydrogens (tertiary/aromatic N) is 2. The smallest absolute Gasteiger partial charge is 0.236 e. The maximum absolute atomic E-state index is 11.9. The van der Waals surface area contributed by atoms with Crippen molar-refractivity contribution in [3.05, 3.63) is 35.7 Å². The van der Waals surface area contributed by atoms with Gasteiger partial charge in [-0.3, -0.25) is 0 Å². The minimum atomic E-state index is -3.26. The Bertz CT molecular complexity index is 576. The molecule has 0 N–H and O–H groups in total. The van der Waals surface area contributed by atoms with Crippen molar-refractivity contribution in [3.63, 3.8) is 0 Å². The van der Waals surface area contributed by atoms with Gasteiger partial charge in [0, 0.05) is 31.6 Å². The van der Waals surface area contributed by atoms with E-state index in [1.165, 1.54) is 9.71 Å². The standard InChI is InChI=1S/C14H20N2O3S/c1-3-12-20(17,18)16-10-8-15(9-11-16)13-6-4-5-7-14(13)19-2/h3-7,12H,8-11H2,1-2H3/b12-3+. The Morgan fingerprint density at radius 1 is 1.15 bits per heavy atom. The Hall–Kier alpha value is -1.53. The van der Waals surface area contributed by atoms with Crippen LogP contribution in [-0.4, -0.2) is 46.0 Å². The van der Waals surface area contributed by atoms with Crippen LogP contribution in [0.4, 0.5) is 5.69 Å². The lowest BCUT2D eigenvalue weighted by molar-refractivity contribution is 0.382. The fourth-order valence-corrected chi connectivity index (χ4v) is 3.52. The summed E-state index contributed by atoms with van der Waals surface area (Å²) in [7, 11) is -1.62. The van der Waals surface area contributed by atoms with Crippen LogP contribution < -0.4 is 9.64 Å². The number of sulfonamides is 1. The van der Waals surface area contributed by atoms with Crippen molar-refractivity contribution >= 4 is 15.7 Å². The first kappa shape index (κ1) is 14.9. The molecule has 110 valence electrons. The molecule has 0 bridgehead atoms. The topological polar surface area (TPSA) is 49.9 Å². The van der Waals surface area contributed by atoms with Crippen LogP contribution in [0.25, 0.3) is 0 Å². The van der Waals surface area contributed by atoms with Crippen molar-refractivity contribution in [2.24, 2.45) is 0 Å². The minimum absolute atomic E-state index is 0.491. The van der Waals surface area contributed by atoms with E-state index in [0.29, 0.717) is 26.2 Å². The van der Waals surface area contributed by atoms with E-state index in [1.807, 2.05) is 24.3 Å². The van der Waals surface area contributed by atoms with E-state index >= 15 is 0 Å². The molecular formula is C14H20N2O3S. The molecule has 0 aliphatic carbocycles. The molecule has 0 atom stereocenters. The zero-order valence-electron chi connectivity index (χ0n) is 11.8. The average Bonchev–Trinajstić information content (AvgIpc) is 2.47. The number of rotatable bonds is 4. The first-order valence-electron chi connectivity index (χ1n) is 6.59. The Labute approximate surface area is 120 Å². The van der Waals surface area contributed by atoms with Crippen LogP contribution in [-0.2, 0) is 10.0 Å². The summed E-state index contributed by atoms with van der Waals surface area (Å²) in [5.74, 6) is 0.817. The van der Waals surface area contributed by atoms with Gasteiger partial charge in [-0.25, -0.2) is 8.42 Å². The third kappa shape index (κ3) is 3.13. The number of piperazine rings is 1. The van der Waals surface area contributed by atoms with E-state index in [0.717, 1.165) is 11.4 Å². The van der Waals surface area contributed by atoms with Gasteiger partial charge in [-0.15, -0.1) is 0 Å². The van der Waals surface area contributed by atoms with Crippen molar-refractivity contribution in [2.45, 2.75) is 6.92 Å². The molecule has 0 amide bonds. The fraction of sp³-hybridized carbons (Fsp3) is 0.429. The Kier molecular flexibility index (Phi) is 4.67. The molecule has 1 aromatic carbocycles. The lowest BCUT2D eigenvalue weighted by Gasteiger charge is -2.35. The van der Waals surface area contributed by atoms with Gasteiger partial charge in [-0.05, 0) is 19.1 Å². The lowest BCUT2D eigenvalue weighted by Crippen LogP contribution is -2.48. The molecule has 1 aliphatic heterocycles. The van der Waals surface area contributed by atoms with Gasteiger partial charge >= 0.3 is 0 Å². The molecule has 0 aromatic heterocycles. The predicted molar refractivity (Wildman–Crippen MR) is 80.5 cm³/mol. The maximum atomic E-state index is 11.9. The largest absolute Gasteiger partial charge is 0.495 e. The molecule has 0 spiro atoms. The SMILES string of the molecule is C/C=C/S(=O)(=O)N1CCN(c2ccccc2OC)CC1. The second-order valence-electron chi connectivity index (χ2n) is 4.57. The Morgan fingerprint density at radius 3 is 2.40 bits per heavy atom. The van der Waals surface area contributed by atoms with Crippen molar-refractivity contribution < 1.29 is 13.2 Å². The molecule has 5 nitrogen and oxygen atoms in total. The second-order valence-corrected chi connectivity index (χ2v) is 6.39. The molecule has 1 saturated heterocycles. The molecule has 2 rings (SSSR count). The van der Waals surface area contributed by atoms with E-state index in [-0.39, 0.29) is 0 Å². The third-order valence-corrected chi connectivity index (χ3v) is 5.03. The van der Waals surface area contributed by atoms with Crippen molar-refractivity contribution in [2.75, 3.05) is 38.2 Å². The number of benzene rings is 1. The third-order valence-electron chi connectivity index (χ3n) is 3.33. The number of para-hydroxylation sites is 2. The molecule has 1 aromatic rings. The summed E-state index contributed by atoms with van der Waals surface area (Å²) in [6.45, 7) is 4.02. The van der Waals surface area contributed by atoms with Gasteiger partial charge in [0.2, 0.25) is 10.0 Å². The highest BCUT2D eigenvalue weighted by Gasteiger charge is 2.25. The van der Waals surface area contributed by atoms with Gasteiger partial charge in [0.25, 0.3) is 0 Å². The highest BCUT2D eigenvalue weighted by atomic mass is 32.2. The van der Waals surface area contributed by atoms with Crippen molar-refractivity contribution in [1.82, 2.24) is 4.31 Å². The number of hydrogen-bond acceptors (Lipinski definition) is 4. The molecule has 1 heterocycles. The van der Waals surface area contributed by atoms with Gasteiger partial charge < -0.3 is 9.64 Å². The molecule has 20 heavy (non-hydrogen) atoms. The van der Waals surface area contributed by atoms with Crippen LogP contribution in [0.3, 0.4) is 0 Å². The molecule has 0 radical (unpaired) electrons. The van der Waals surface area contributed by atoms with Crippen LogP contribution in [0.2, 0.25) is 0 Å². The predicted octanol–water partition coefficient (Wildman–Crippen LogP) is 1.68. The Balaban J connectivity index is 2.08. The first-order valence-corrected chi connectivity index (χ1v) is 8.09. The van der Waals surface area contributed by atoms with Crippen LogP contribution in [0, 0.1) is 0 Å². The highest BCUT2D eigenvalue weighted by Crippen LogP contribution is 2.28. The molecule has 1 aliphatic rings. The van der Waals surface area contributed by atoms with Crippen LogP contribution in [0.1, 0.15) is 6.92 Å². The number of methoxy groups -OCH3 is 1. The van der Waals surface area contributed by atoms with E-state index < -0.39 is 10.0 Å². The summed E-state index contributed by atoms with van der Waals surface area (Å²) >= 11 is 0. The van der Waals surface area contributed by atoms with Crippen LogP contribution in [0.5, 0.6) is 5.75 Å². The van der Waals surface area contributed by atoms with E-state index in [1.54, 1.807) is 20.1 Å². The monoisotopic (exact) mass is 296 g/mol. The molecule has 6 heteroatoms. The van der Waals surface area contributed by atoms with Gasteiger partial charge in [-0.2, -0.15) is 4.31 Å². The molecular weight excluding hydrogens is 276 g/mol. The summed E-state index contributed by atoms with van der Waals surface area (Å²) in [5, 5.41) is 1.26. The number of hydrogen-bond donors (Lipinski definition) is 0. The zero-order chi connectivity index (χ0) is 14.6. The van der Waals surface area contributed by atoms with E-state index in [4.69, 9.17) is 4.74 Å². The summed E-state index contributed by atoms with van der Waals surface area (Å²) < 4.78 is 30.8. The maximum Gasteiger partial charge on any atom is 0.236 e. The fourth-order valence-electron chi connectivity index (χ4n) is 2.33. The summed E-state index contributed by atoms with van der Waals surface area (Å²) in [6, 6.07) is 7.79. The average molecular weight is 296 g/mol. The van der Waals surface area contributed by atoms with Crippen LogP contribution in [0.15, 0.2) is 35.7 Å². The van der Waals surface area contributed by atoms with E-state index in [2.05, 4.69) is 4.90 Å². The van der Waals surface area contributed by atoms with Gasteiger partial charge in [0.05, 0.1) is 12.8 Å². The molecule has 0 unspecified atom stereocenters. The molecule has 1 fully saturated rings. The second kappa shape index (κ2) is 6.28. The summed E-state index contributed by atoms with van der Waals surface area (Å²) in [6.07, 6.45) is 1.56. The highest BCUT2D eigenvalue weighted by molar-refractivity contribution is 7.92. The summed E-state index contributed by atoms with van der Waals surface area (Å²) in [4.78, 5) is 2.15.